The van der Waals surface area contributed by atoms with Crippen LogP contribution in [0.4, 0.5) is 11.4 Å². The summed E-state index contributed by atoms with van der Waals surface area (Å²) in [6.07, 6.45) is 0. The van der Waals surface area contributed by atoms with Crippen molar-refractivity contribution in [3.05, 3.63) is 57.0 Å². The van der Waals surface area contributed by atoms with E-state index in [1.54, 1.807) is 0 Å². The molecule has 2 rings (SSSR count). The number of rotatable bonds is 4. The lowest BCUT2D eigenvalue weighted by molar-refractivity contribution is -0.114. The number of anilines is 2. The monoisotopic (exact) mass is 396 g/mol. The van der Waals surface area contributed by atoms with E-state index in [-0.39, 0.29) is 12.5 Å². The van der Waals surface area contributed by atoms with Gasteiger partial charge >= 0.3 is 0 Å². The third-order valence-corrected chi connectivity index (χ3v) is 3.86. The molecule has 0 unspecified atom stereocenters. The zero-order valence-corrected chi connectivity index (χ0v) is 14.1. The molecule has 2 N–H and O–H groups in total. The standard InChI is InChI=1S/C15H14Br2N2O/c1-10-2-5-12(6-3-10)19-15(20)9-18-14-7-4-11(16)8-13(14)17/h2-8,18H,9H2,1H3,(H,19,20). The number of carbonyl (C=O) groups is 1. The molecule has 5 heteroatoms. The van der Waals surface area contributed by atoms with Crippen molar-refractivity contribution < 1.29 is 4.79 Å². The van der Waals surface area contributed by atoms with Crippen molar-refractivity contribution in [2.75, 3.05) is 17.2 Å². The van der Waals surface area contributed by atoms with E-state index in [2.05, 4.69) is 42.5 Å². The van der Waals surface area contributed by atoms with Crippen LogP contribution in [0.2, 0.25) is 0 Å². The third-order valence-electron chi connectivity index (χ3n) is 2.71. The molecule has 0 fully saturated rings. The van der Waals surface area contributed by atoms with Gasteiger partial charge in [-0.25, -0.2) is 0 Å². The Bertz CT molecular complexity index is 612. The largest absolute Gasteiger partial charge is 0.375 e. The van der Waals surface area contributed by atoms with Gasteiger partial charge in [-0.05, 0) is 53.2 Å². The molecule has 3 nitrogen and oxygen atoms in total. The molecule has 1 amide bonds. The molecule has 0 saturated heterocycles. The van der Waals surface area contributed by atoms with Crippen molar-refractivity contribution in [3.8, 4) is 0 Å². The SMILES string of the molecule is Cc1ccc(NC(=O)CNc2ccc(Br)cc2Br)cc1. The minimum atomic E-state index is -0.0799. The molecule has 104 valence electrons. The molecule has 0 heterocycles. The maximum absolute atomic E-state index is 11.9. The number of hydrogen-bond acceptors (Lipinski definition) is 2. The highest BCUT2D eigenvalue weighted by Gasteiger charge is 2.04. The van der Waals surface area contributed by atoms with Gasteiger partial charge in [0.2, 0.25) is 5.91 Å². The Morgan fingerprint density at radius 3 is 2.45 bits per heavy atom. The van der Waals surface area contributed by atoms with Crippen LogP contribution in [0.15, 0.2) is 51.4 Å². The summed E-state index contributed by atoms with van der Waals surface area (Å²) >= 11 is 6.84. The zero-order chi connectivity index (χ0) is 14.5. The second kappa shape index (κ2) is 6.90. The normalized spacial score (nSPS) is 10.2. The Kier molecular flexibility index (Phi) is 5.20. The molecule has 2 aromatic carbocycles. The van der Waals surface area contributed by atoms with Gasteiger partial charge in [-0.15, -0.1) is 0 Å². The van der Waals surface area contributed by atoms with E-state index in [9.17, 15) is 4.79 Å². The van der Waals surface area contributed by atoms with E-state index >= 15 is 0 Å². The number of aryl methyl sites for hydroxylation is 1. The first kappa shape index (κ1) is 15.1. The van der Waals surface area contributed by atoms with E-state index in [0.717, 1.165) is 20.3 Å². The molecule has 0 saturated carbocycles. The summed E-state index contributed by atoms with van der Waals surface area (Å²) < 4.78 is 1.90. The summed E-state index contributed by atoms with van der Waals surface area (Å²) in [5.74, 6) is -0.0799. The highest BCUT2D eigenvalue weighted by atomic mass is 79.9. The van der Waals surface area contributed by atoms with Gasteiger partial charge in [0.15, 0.2) is 0 Å². The number of amides is 1. The number of nitrogens with one attached hydrogen (secondary N) is 2. The Hall–Kier alpha value is -1.33. The van der Waals surface area contributed by atoms with Gasteiger partial charge in [0.25, 0.3) is 0 Å². The fraction of sp³-hybridized carbons (Fsp3) is 0.133. The van der Waals surface area contributed by atoms with E-state index < -0.39 is 0 Å². The molecule has 0 aromatic heterocycles. The summed E-state index contributed by atoms with van der Waals surface area (Å²) in [6, 6.07) is 13.5. The van der Waals surface area contributed by atoms with Crippen LogP contribution in [0.1, 0.15) is 5.56 Å². The summed E-state index contributed by atoms with van der Waals surface area (Å²) in [7, 11) is 0. The van der Waals surface area contributed by atoms with Crippen LogP contribution in [-0.4, -0.2) is 12.5 Å². The van der Waals surface area contributed by atoms with Crippen molar-refractivity contribution in [1.82, 2.24) is 0 Å². The van der Waals surface area contributed by atoms with E-state index in [1.165, 1.54) is 5.56 Å². The highest BCUT2D eigenvalue weighted by Crippen LogP contribution is 2.25. The zero-order valence-electron chi connectivity index (χ0n) is 10.9. The van der Waals surface area contributed by atoms with Gasteiger partial charge in [0.05, 0.1) is 6.54 Å². The predicted molar refractivity (Wildman–Crippen MR) is 90.1 cm³/mol. The minimum Gasteiger partial charge on any atom is -0.375 e. The number of hydrogen-bond donors (Lipinski definition) is 2. The molecule has 2 aromatic rings. The molecular weight excluding hydrogens is 384 g/mol. The van der Waals surface area contributed by atoms with Gasteiger partial charge in [-0.3, -0.25) is 4.79 Å². The van der Waals surface area contributed by atoms with Crippen molar-refractivity contribution in [1.29, 1.82) is 0 Å². The van der Waals surface area contributed by atoms with Crippen LogP contribution < -0.4 is 10.6 Å². The Morgan fingerprint density at radius 2 is 1.80 bits per heavy atom. The van der Waals surface area contributed by atoms with E-state index in [4.69, 9.17) is 0 Å². The van der Waals surface area contributed by atoms with E-state index in [0.29, 0.717) is 0 Å². The third kappa shape index (κ3) is 4.35. The van der Waals surface area contributed by atoms with Crippen molar-refractivity contribution in [2.45, 2.75) is 6.92 Å². The van der Waals surface area contributed by atoms with Gasteiger partial charge in [-0.1, -0.05) is 33.6 Å². The number of benzene rings is 2. The van der Waals surface area contributed by atoms with E-state index in [1.807, 2.05) is 49.4 Å². The lowest BCUT2D eigenvalue weighted by Gasteiger charge is -2.09. The molecule has 0 bridgehead atoms. The highest BCUT2D eigenvalue weighted by molar-refractivity contribution is 9.11. The second-order valence-electron chi connectivity index (χ2n) is 4.39. The van der Waals surface area contributed by atoms with Crippen LogP contribution in [0.25, 0.3) is 0 Å². The lowest BCUT2D eigenvalue weighted by Crippen LogP contribution is -2.21. The molecule has 0 aliphatic heterocycles. The number of halogens is 2. The predicted octanol–water partition coefficient (Wildman–Crippen LogP) is 4.57. The lowest BCUT2D eigenvalue weighted by atomic mass is 10.2. The second-order valence-corrected chi connectivity index (χ2v) is 6.16. The Labute approximate surface area is 135 Å². The molecule has 0 atom stereocenters. The Balaban J connectivity index is 1.90. The van der Waals surface area contributed by atoms with Crippen LogP contribution in [0.5, 0.6) is 0 Å². The fourth-order valence-electron chi connectivity index (χ4n) is 1.65. The van der Waals surface area contributed by atoms with Crippen molar-refractivity contribution in [3.63, 3.8) is 0 Å². The average molecular weight is 398 g/mol. The number of carbonyl (C=O) groups excluding carboxylic acids is 1. The first-order valence-corrected chi connectivity index (χ1v) is 7.68. The Morgan fingerprint density at radius 1 is 1.10 bits per heavy atom. The summed E-state index contributed by atoms with van der Waals surface area (Å²) in [4.78, 5) is 11.9. The fourth-order valence-corrected chi connectivity index (χ4v) is 2.84. The molecule has 0 aliphatic carbocycles. The van der Waals surface area contributed by atoms with Crippen molar-refractivity contribution >= 4 is 49.1 Å². The van der Waals surface area contributed by atoms with Gasteiger partial charge in [-0.2, -0.15) is 0 Å². The quantitative estimate of drug-likeness (QED) is 0.793. The average Bonchev–Trinajstić information content (AvgIpc) is 2.40. The molecule has 20 heavy (non-hydrogen) atoms. The van der Waals surface area contributed by atoms with Crippen LogP contribution in [0, 0.1) is 6.92 Å². The summed E-state index contributed by atoms with van der Waals surface area (Å²) in [6.45, 7) is 2.23. The maximum atomic E-state index is 11.9. The van der Waals surface area contributed by atoms with Crippen molar-refractivity contribution in [2.24, 2.45) is 0 Å². The minimum absolute atomic E-state index is 0.0799. The molecule has 0 radical (unpaired) electrons. The van der Waals surface area contributed by atoms with Crippen LogP contribution in [-0.2, 0) is 4.79 Å². The van der Waals surface area contributed by atoms with Gasteiger partial charge in [0, 0.05) is 20.3 Å². The maximum Gasteiger partial charge on any atom is 0.243 e. The smallest absolute Gasteiger partial charge is 0.243 e. The molecule has 0 aliphatic rings. The first-order chi connectivity index (χ1) is 9.54. The summed E-state index contributed by atoms with van der Waals surface area (Å²) in [5.41, 5.74) is 2.85. The van der Waals surface area contributed by atoms with Crippen LogP contribution >= 0.6 is 31.9 Å². The van der Waals surface area contributed by atoms with Gasteiger partial charge in [0.1, 0.15) is 0 Å². The van der Waals surface area contributed by atoms with Gasteiger partial charge < -0.3 is 10.6 Å². The molecule has 0 spiro atoms. The first-order valence-electron chi connectivity index (χ1n) is 6.10. The topological polar surface area (TPSA) is 41.1 Å². The summed E-state index contributed by atoms with van der Waals surface area (Å²) in [5, 5.41) is 5.94. The van der Waals surface area contributed by atoms with Crippen LogP contribution in [0.3, 0.4) is 0 Å². The molecular formula is C15H14Br2N2O.